The SMILES string of the molecule is CCCC(=O)N1CCN(CCO[N+](=O)[O-])CC1. The number of hydrogen-bond donors (Lipinski definition) is 0. The molecule has 98 valence electrons. The number of hydrogen-bond acceptors (Lipinski definition) is 5. The van der Waals surface area contributed by atoms with Crippen molar-refractivity contribution in [2.45, 2.75) is 19.8 Å². The zero-order valence-electron chi connectivity index (χ0n) is 10.1. The molecule has 0 aliphatic carbocycles. The van der Waals surface area contributed by atoms with Crippen LogP contribution in [0.3, 0.4) is 0 Å². The predicted molar refractivity (Wildman–Crippen MR) is 60.9 cm³/mol. The number of carbonyl (C=O) groups excluding carboxylic acids is 1. The minimum Gasteiger partial charge on any atom is -0.340 e. The predicted octanol–water partition coefficient (Wildman–Crippen LogP) is 0.139. The van der Waals surface area contributed by atoms with Crippen LogP contribution in [-0.2, 0) is 9.63 Å². The normalized spacial score (nSPS) is 16.9. The van der Waals surface area contributed by atoms with Crippen LogP contribution in [0.4, 0.5) is 0 Å². The van der Waals surface area contributed by atoms with Gasteiger partial charge < -0.3 is 9.74 Å². The van der Waals surface area contributed by atoms with Crippen molar-refractivity contribution in [2.75, 3.05) is 39.3 Å². The standard InChI is InChI=1S/C10H19N3O4/c1-2-3-10(14)12-6-4-11(5-7-12)8-9-17-13(15)16/h2-9H2,1H3. The Morgan fingerprint density at radius 3 is 2.53 bits per heavy atom. The van der Waals surface area contributed by atoms with E-state index in [1.807, 2.05) is 11.8 Å². The van der Waals surface area contributed by atoms with E-state index in [4.69, 9.17) is 0 Å². The molecule has 17 heavy (non-hydrogen) atoms. The molecule has 7 nitrogen and oxygen atoms in total. The van der Waals surface area contributed by atoms with Gasteiger partial charge in [0.15, 0.2) is 0 Å². The first-order valence-corrected chi connectivity index (χ1v) is 5.91. The van der Waals surface area contributed by atoms with E-state index < -0.39 is 5.09 Å². The van der Waals surface area contributed by atoms with Crippen LogP contribution in [0.25, 0.3) is 0 Å². The molecule has 7 heteroatoms. The highest BCUT2D eigenvalue weighted by Crippen LogP contribution is 2.04. The fraction of sp³-hybridized carbons (Fsp3) is 0.900. The van der Waals surface area contributed by atoms with Crippen molar-refractivity contribution in [3.63, 3.8) is 0 Å². The van der Waals surface area contributed by atoms with Gasteiger partial charge >= 0.3 is 0 Å². The summed E-state index contributed by atoms with van der Waals surface area (Å²) in [5, 5.41) is 9.19. The maximum atomic E-state index is 11.6. The molecule has 0 unspecified atom stereocenters. The Balaban J connectivity index is 2.17. The minimum atomic E-state index is -0.777. The third-order valence-corrected chi connectivity index (χ3v) is 2.79. The average molecular weight is 245 g/mol. The van der Waals surface area contributed by atoms with Gasteiger partial charge in [-0.05, 0) is 6.42 Å². The van der Waals surface area contributed by atoms with E-state index >= 15 is 0 Å². The molecule has 1 saturated heterocycles. The summed E-state index contributed by atoms with van der Waals surface area (Å²) < 4.78 is 0. The Morgan fingerprint density at radius 1 is 1.35 bits per heavy atom. The number of rotatable bonds is 6. The second-order valence-corrected chi connectivity index (χ2v) is 4.03. The molecule has 0 atom stereocenters. The van der Waals surface area contributed by atoms with Crippen LogP contribution in [0, 0.1) is 10.1 Å². The van der Waals surface area contributed by atoms with Crippen molar-refractivity contribution in [2.24, 2.45) is 0 Å². The monoisotopic (exact) mass is 245 g/mol. The molecule has 0 aromatic rings. The van der Waals surface area contributed by atoms with Crippen LogP contribution >= 0.6 is 0 Å². The number of nitrogens with zero attached hydrogens (tertiary/aromatic N) is 3. The summed E-state index contributed by atoms with van der Waals surface area (Å²) in [6.45, 7) is 5.55. The van der Waals surface area contributed by atoms with Gasteiger partial charge in [-0.1, -0.05) is 6.92 Å². The van der Waals surface area contributed by atoms with Gasteiger partial charge in [0.2, 0.25) is 5.91 Å². The van der Waals surface area contributed by atoms with Crippen molar-refractivity contribution in [1.29, 1.82) is 0 Å². The van der Waals surface area contributed by atoms with Crippen LogP contribution in [0.1, 0.15) is 19.8 Å². The van der Waals surface area contributed by atoms with Crippen molar-refractivity contribution in [3.05, 3.63) is 10.1 Å². The fourth-order valence-electron chi connectivity index (χ4n) is 1.84. The van der Waals surface area contributed by atoms with Gasteiger partial charge in [-0.3, -0.25) is 9.69 Å². The van der Waals surface area contributed by atoms with Gasteiger partial charge in [0, 0.05) is 39.1 Å². The van der Waals surface area contributed by atoms with Gasteiger partial charge in [0.25, 0.3) is 5.09 Å². The molecule has 1 heterocycles. The number of piperazine rings is 1. The van der Waals surface area contributed by atoms with Crippen LogP contribution in [0.5, 0.6) is 0 Å². The van der Waals surface area contributed by atoms with E-state index in [1.54, 1.807) is 0 Å². The summed E-state index contributed by atoms with van der Waals surface area (Å²) in [4.78, 5) is 29.7. The Hall–Kier alpha value is -1.37. The van der Waals surface area contributed by atoms with Crippen molar-refractivity contribution in [3.8, 4) is 0 Å². The van der Waals surface area contributed by atoms with Gasteiger partial charge in [-0.2, -0.15) is 0 Å². The van der Waals surface area contributed by atoms with Gasteiger partial charge in [0.1, 0.15) is 6.61 Å². The average Bonchev–Trinajstić information content (AvgIpc) is 2.30. The van der Waals surface area contributed by atoms with E-state index in [9.17, 15) is 14.9 Å². The fourth-order valence-corrected chi connectivity index (χ4v) is 1.84. The molecule has 0 spiro atoms. The summed E-state index contributed by atoms with van der Waals surface area (Å²) in [5.41, 5.74) is 0. The Labute approximate surface area is 100 Å². The molecule has 0 N–H and O–H groups in total. The molecule has 1 amide bonds. The summed E-state index contributed by atoms with van der Waals surface area (Å²) in [6, 6.07) is 0. The van der Waals surface area contributed by atoms with Gasteiger partial charge in [-0.15, -0.1) is 10.1 Å². The van der Waals surface area contributed by atoms with Gasteiger partial charge in [-0.25, -0.2) is 0 Å². The van der Waals surface area contributed by atoms with Gasteiger partial charge in [0.05, 0.1) is 0 Å². The minimum absolute atomic E-state index is 0.0932. The summed E-state index contributed by atoms with van der Waals surface area (Å²) in [6.07, 6.45) is 1.47. The Morgan fingerprint density at radius 2 is 2.00 bits per heavy atom. The zero-order chi connectivity index (χ0) is 12.7. The van der Waals surface area contributed by atoms with E-state index in [0.717, 1.165) is 19.5 Å². The van der Waals surface area contributed by atoms with Crippen LogP contribution in [0.2, 0.25) is 0 Å². The Kier molecular flexibility index (Phi) is 5.68. The molecule has 0 aromatic heterocycles. The van der Waals surface area contributed by atoms with Crippen molar-refractivity contribution < 1.29 is 14.7 Å². The summed E-state index contributed by atoms with van der Waals surface area (Å²) >= 11 is 0. The highest BCUT2D eigenvalue weighted by atomic mass is 16.9. The maximum absolute atomic E-state index is 11.6. The molecule has 0 bridgehead atoms. The molecule has 0 saturated carbocycles. The van der Waals surface area contributed by atoms with Crippen molar-refractivity contribution in [1.82, 2.24) is 9.80 Å². The smallest absolute Gasteiger partial charge is 0.294 e. The van der Waals surface area contributed by atoms with Crippen LogP contribution in [0.15, 0.2) is 0 Å². The lowest BCUT2D eigenvalue weighted by atomic mass is 10.2. The highest BCUT2D eigenvalue weighted by Gasteiger charge is 2.20. The lowest BCUT2D eigenvalue weighted by Crippen LogP contribution is -2.49. The first-order chi connectivity index (χ1) is 8.13. The number of carbonyl (C=O) groups is 1. The second kappa shape index (κ2) is 7.05. The van der Waals surface area contributed by atoms with E-state index in [1.165, 1.54) is 0 Å². The third-order valence-electron chi connectivity index (χ3n) is 2.79. The molecule has 1 aliphatic heterocycles. The molecule has 0 radical (unpaired) electrons. The lowest BCUT2D eigenvalue weighted by Gasteiger charge is -2.34. The van der Waals surface area contributed by atoms with E-state index in [-0.39, 0.29) is 12.5 Å². The third kappa shape index (κ3) is 4.99. The number of amides is 1. The van der Waals surface area contributed by atoms with Crippen LogP contribution in [-0.4, -0.2) is 60.1 Å². The first kappa shape index (κ1) is 13.7. The van der Waals surface area contributed by atoms with E-state index in [0.29, 0.717) is 26.1 Å². The second-order valence-electron chi connectivity index (χ2n) is 4.03. The molecule has 1 rings (SSSR count). The topological polar surface area (TPSA) is 75.9 Å². The first-order valence-electron chi connectivity index (χ1n) is 5.91. The molecular weight excluding hydrogens is 226 g/mol. The largest absolute Gasteiger partial charge is 0.340 e. The molecule has 1 fully saturated rings. The molecule has 0 aromatic carbocycles. The van der Waals surface area contributed by atoms with Crippen LogP contribution < -0.4 is 0 Å². The summed E-state index contributed by atoms with van der Waals surface area (Å²) in [7, 11) is 0. The van der Waals surface area contributed by atoms with Crippen molar-refractivity contribution >= 4 is 5.91 Å². The lowest BCUT2D eigenvalue weighted by molar-refractivity contribution is -0.757. The van der Waals surface area contributed by atoms with E-state index in [2.05, 4.69) is 9.74 Å². The zero-order valence-corrected chi connectivity index (χ0v) is 10.1. The maximum Gasteiger partial charge on any atom is 0.294 e. The molecule has 1 aliphatic rings. The summed E-state index contributed by atoms with van der Waals surface area (Å²) in [5.74, 6) is 0.202. The molecular formula is C10H19N3O4. The highest BCUT2D eigenvalue weighted by molar-refractivity contribution is 5.76. The quantitative estimate of drug-likeness (QED) is 0.491. The Bertz CT molecular complexity index is 264.